The van der Waals surface area contributed by atoms with Gasteiger partial charge in [-0.15, -0.1) is 0 Å². The molecule has 20 heavy (non-hydrogen) atoms. The maximum atomic E-state index is 5.43. The number of methoxy groups -OCH3 is 1. The number of aromatic amines is 1. The van der Waals surface area contributed by atoms with Crippen LogP contribution in [0.4, 0.5) is 0 Å². The van der Waals surface area contributed by atoms with Gasteiger partial charge >= 0.3 is 0 Å². The van der Waals surface area contributed by atoms with Gasteiger partial charge in [0.25, 0.3) is 0 Å². The molecule has 1 aliphatic rings. The highest BCUT2D eigenvalue weighted by Crippen LogP contribution is 2.28. The number of ether oxygens (including phenoxy) is 1. The predicted molar refractivity (Wildman–Crippen MR) is 79.0 cm³/mol. The first-order valence-electron chi connectivity index (χ1n) is 7.12. The molecule has 1 aromatic carbocycles. The van der Waals surface area contributed by atoms with Crippen LogP contribution in [0.5, 0.6) is 5.75 Å². The van der Waals surface area contributed by atoms with Gasteiger partial charge in [-0.2, -0.15) is 0 Å². The Balaban J connectivity index is 1.66. The van der Waals surface area contributed by atoms with Crippen molar-refractivity contribution in [3.63, 3.8) is 0 Å². The van der Waals surface area contributed by atoms with Crippen LogP contribution >= 0.6 is 0 Å². The summed E-state index contributed by atoms with van der Waals surface area (Å²) in [6.45, 7) is 5.17. The fourth-order valence-corrected chi connectivity index (χ4v) is 2.91. The van der Waals surface area contributed by atoms with Crippen LogP contribution in [0.15, 0.2) is 30.5 Å². The monoisotopic (exact) mass is 271 g/mol. The highest BCUT2D eigenvalue weighted by Gasteiger charge is 2.26. The van der Waals surface area contributed by atoms with Gasteiger partial charge in [0.1, 0.15) is 11.6 Å². The summed E-state index contributed by atoms with van der Waals surface area (Å²) in [6.07, 6.45) is 3.08. The number of nitrogens with zero attached hydrogens (tertiary/aromatic N) is 2. The van der Waals surface area contributed by atoms with Gasteiger partial charge in [0.05, 0.1) is 7.11 Å². The highest BCUT2D eigenvalue weighted by molar-refractivity contribution is 5.33. The van der Waals surface area contributed by atoms with Crippen molar-refractivity contribution < 1.29 is 4.74 Å². The molecule has 1 saturated heterocycles. The first-order chi connectivity index (χ1) is 9.76. The molecule has 1 unspecified atom stereocenters. The maximum absolute atomic E-state index is 5.43. The van der Waals surface area contributed by atoms with Crippen LogP contribution < -0.4 is 4.74 Å². The molecule has 0 spiro atoms. The van der Waals surface area contributed by atoms with Crippen LogP contribution in [0.1, 0.15) is 29.4 Å². The largest absolute Gasteiger partial charge is 0.496 e. The van der Waals surface area contributed by atoms with Gasteiger partial charge in [0.15, 0.2) is 0 Å². The molecule has 0 radical (unpaired) electrons. The van der Waals surface area contributed by atoms with E-state index in [0.717, 1.165) is 36.9 Å². The van der Waals surface area contributed by atoms with E-state index in [1.807, 2.05) is 18.3 Å². The second-order valence-corrected chi connectivity index (χ2v) is 5.48. The van der Waals surface area contributed by atoms with E-state index in [2.05, 4.69) is 33.9 Å². The maximum Gasteiger partial charge on any atom is 0.123 e. The molecular formula is C16H21N3O. The van der Waals surface area contributed by atoms with Crippen molar-refractivity contribution in [2.24, 2.45) is 0 Å². The molecule has 4 heteroatoms. The van der Waals surface area contributed by atoms with Crippen molar-refractivity contribution in [3.8, 4) is 5.75 Å². The molecule has 4 nitrogen and oxygen atoms in total. The molecule has 2 aromatic rings. The number of hydrogen-bond donors (Lipinski definition) is 1. The Labute approximate surface area is 119 Å². The Hall–Kier alpha value is -1.81. The minimum absolute atomic E-state index is 0.526. The second-order valence-electron chi connectivity index (χ2n) is 5.48. The van der Waals surface area contributed by atoms with Gasteiger partial charge in [-0.3, -0.25) is 4.90 Å². The Morgan fingerprint density at radius 3 is 3.00 bits per heavy atom. The molecule has 0 aliphatic carbocycles. The number of aryl methyl sites for hydroxylation is 1. The topological polar surface area (TPSA) is 41.1 Å². The molecule has 1 aliphatic heterocycles. The summed E-state index contributed by atoms with van der Waals surface area (Å²) in [5.74, 6) is 2.63. The van der Waals surface area contributed by atoms with Crippen molar-refractivity contribution in [1.29, 1.82) is 0 Å². The summed E-state index contributed by atoms with van der Waals surface area (Å²) in [6, 6.07) is 8.25. The Morgan fingerprint density at radius 2 is 2.25 bits per heavy atom. The van der Waals surface area contributed by atoms with Gasteiger partial charge in [-0.05, 0) is 26.0 Å². The molecule has 1 aromatic heterocycles. The van der Waals surface area contributed by atoms with E-state index >= 15 is 0 Å². The van der Waals surface area contributed by atoms with E-state index in [1.165, 1.54) is 12.0 Å². The van der Waals surface area contributed by atoms with Gasteiger partial charge in [0.2, 0.25) is 0 Å². The number of imidazole rings is 1. The van der Waals surface area contributed by atoms with Gasteiger partial charge in [0, 0.05) is 36.5 Å². The number of hydrogen-bond acceptors (Lipinski definition) is 3. The van der Waals surface area contributed by atoms with Gasteiger partial charge in [-0.1, -0.05) is 18.2 Å². The van der Waals surface area contributed by atoms with E-state index in [-0.39, 0.29) is 0 Å². The van der Waals surface area contributed by atoms with E-state index < -0.39 is 0 Å². The Kier molecular flexibility index (Phi) is 3.74. The fraction of sp³-hybridized carbons (Fsp3) is 0.438. The predicted octanol–water partition coefficient (Wildman–Crippen LogP) is 2.72. The minimum atomic E-state index is 0.526. The normalized spacial score (nSPS) is 19.4. The number of nitrogens with one attached hydrogen (secondary N) is 1. The van der Waals surface area contributed by atoms with Crippen LogP contribution in [0, 0.1) is 6.92 Å². The first-order valence-corrected chi connectivity index (χ1v) is 7.12. The Morgan fingerprint density at radius 1 is 1.40 bits per heavy atom. The third-order valence-electron chi connectivity index (χ3n) is 3.97. The average molecular weight is 271 g/mol. The number of aromatic nitrogens is 2. The third kappa shape index (κ3) is 2.70. The number of para-hydroxylation sites is 1. The fourth-order valence-electron chi connectivity index (χ4n) is 2.91. The lowest BCUT2D eigenvalue weighted by Gasteiger charge is -2.17. The van der Waals surface area contributed by atoms with Crippen molar-refractivity contribution in [1.82, 2.24) is 14.9 Å². The summed E-state index contributed by atoms with van der Waals surface area (Å²) >= 11 is 0. The third-order valence-corrected chi connectivity index (χ3v) is 3.97. The zero-order valence-electron chi connectivity index (χ0n) is 12.1. The molecular weight excluding hydrogens is 250 g/mol. The quantitative estimate of drug-likeness (QED) is 0.929. The molecule has 0 bridgehead atoms. The van der Waals surface area contributed by atoms with Gasteiger partial charge < -0.3 is 9.72 Å². The molecule has 106 valence electrons. The van der Waals surface area contributed by atoms with E-state index in [9.17, 15) is 0 Å². The van der Waals surface area contributed by atoms with Gasteiger partial charge in [-0.25, -0.2) is 4.98 Å². The zero-order chi connectivity index (χ0) is 13.9. The standard InChI is InChI=1S/C16H21N3O/c1-12-9-17-16(18-12)14-7-8-19(11-14)10-13-5-3-4-6-15(13)20-2/h3-6,9,14H,7-8,10-11H2,1-2H3,(H,17,18). The lowest BCUT2D eigenvalue weighted by molar-refractivity contribution is 0.316. The van der Waals surface area contributed by atoms with Crippen molar-refractivity contribution >= 4 is 0 Å². The zero-order valence-corrected chi connectivity index (χ0v) is 12.1. The second kappa shape index (κ2) is 5.67. The molecule has 1 fully saturated rings. The molecule has 1 N–H and O–H groups in total. The van der Waals surface area contributed by atoms with Crippen LogP contribution in [-0.2, 0) is 6.54 Å². The summed E-state index contributed by atoms with van der Waals surface area (Å²) in [5, 5.41) is 0. The number of H-pyrrole nitrogens is 1. The molecule has 2 heterocycles. The van der Waals surface area contributed by atoms with Crippen LogP contribution in [-0.4, -0.2) is 35.1 Å². The Bertz CT molecular complexity index is 579. The van der Waals surface area contributed by atoms with E-state index in [0.29, 0.717) is 5.92 Å². The number of benzene rings is 1. The lowest BCUT2D eigenvalue weighted by atomic mass is 10.1. The summed E-state index contributed by atoms with van der Waals surface area (Å²) < 4.78 is 5.43. The average Bonchev–Trinajstić information content (AvgIpc) is 3.08. The lowest BCUT2D eigenvalue weighted by Crippen LogP contribution is -2.20. The molecule has 1 atom stereocenters. The highest BCUT2D eigenvalue weighted by atomic mass is 16.5. The van der Waals surface area contributed by atoms with Crippen LogP contribution in [0.3, 0.4) is 0 Å². The molecule has 0 saturated carbocycles. The van der Waals surface area contributed by atoms with Crippen molar-refractivity contribution in [3.05, 3.63) is 47.5 Å². The first kappa shape index (κ1) is 13.2. The van der Waals surface area contributed by atoms with Crippen molar-refractivity contribution in [2.75, 3.05) is 20.2 Å². The summed E-state index contributed by atoms with van der Waals surface area (Å²) in [4.78, 5) is 10.3. The molecule has 0 amide bonds. The van der Waals surface area contributed by atoms with Crippen LogP contribution in [0.25, 0.3) is 0 Å². The van der Waals surface area contributed by atoms with Crippen LogP contribution in [0.2, 0.25) is 0 Å². The van der Waals surface area contributed by atoms with E-state index in [4.69, 9.17) is 4.74 Å². The number of rotatable bonds is 4. The minimum Gasteiger partial charge on any atom is -0.496 e. The SMILES string of the molecule is COc1ccccc1CN1CCC(c2ncc(C)[nH]2)C1. The molecule has 3 rings (SSSR count). The summed E-state index contributed by atoms with van der Waals surface area (Å²) in [5.41, 5.74) is 2.40. The van der Waals surface area contributed by atoms with Crippen molar-refractivity contribution in [2.45, 2.75) is 25.8 Å². The number of likely N-dealkylation sites (tertiary alicyclic amines) is 1. The van der Waals surface area contributed by atoms with E-state index in [1.54, 1.807) is 7.11 Å². The smallest absolute Gasteiger partial charge is 0.123 e. The summed E-state index contributed by atoms with van der Waals surface area (Å²) in [7, 11) is 1.73.